The van der Waals surface area contributed by atoms with Crippen molar-refractivity contribution in [3.05, 3.63) is 24.2 Å². The molecular weight excluding hydrogens is 260 g/mol. The summed E-state index contributed by atoms with van der Waals surface area (Å²) in [5, 5.41) is 0. The minimum Gasteiger partial charge on any atom is -0.467 e. The Kier molecular flexibility index (Phi) is 13.6. The molecule has 0 amide bonds. The summed E-state index contributed by atoms with van der Waals surface area (Å²) in [6, 6.07) is 3.50. The molecule has 0 unspecified atom stereocenters. The Hall–Kier alpha value is -2.00. The molecule has 0 spiro atoms. The molecule has 0 saturated heterocycles. The lowest BCUT2D eigenvalue weighted by atomic mass is 10.2. The van der Waals surface area contributed by atoms with Gasteiger partial charge in [0.15, 0.2) is 0 Å². The number of isocyanates is 2. The first kappa shape index (κ1) is 18.0. The molecule has 1 heterocycles. The number of nitrogens with zero attached hydrogens (tertiary/aromatic N) is 2. The van der Waals surface area contributed by atoms with Gasteiger partial charge in [-0.3, -0.25) is 0 Å². The molecule has 0 atom stereocenters. The number of hydrogen-bond donors (Lipinski definition) is 0. The highest BCUT2D eigenvalue weighted by molar-refractivity contribution is 5.33. The van der Waals surface area contributed by atoms with E-state index in [1.807, 2.05) is 6.92 Å². The quantitative estimate of drug-likeness (QED) is 0.395. The zero-order valence-corrected chi connectivity index (χ0v) is 11.7. The maximum atomic E-state index is 9.62. The van der Waals surface area contributed by atoms with Gasteiger partial charge in [0.25, 0.3) is 0 Å². The van der Waals surface area contributed by atoms with E-state index in [2.05, 4.69) is 9.98 Å². The third kappa shape index (κ3) is 12.5. The fraction of sp³-hybridized carbons (Fsp3) is 0.571. The molecule has 1 aromatic rings. The summed E-state index contributed by atoms with van der Waals surface area (Å²) < 4.78 is 9.99. The van der Waals surface area contributed by atoms with Crippen molar-refractivity contribution in [1.29, 1.82) is 0 Å². The summed E-state index contributed by atoms with van der Waals surface area (Å²) in [7, 11) is 0. The van der Waals surface area contributed by atoms with Crippen LogP contribution in [0, 0.1) is 0 Å². The molecular formula is C14H20N2O4. The minimum atomic E-state index is 0.288. The zero-order valence-electron chi connectivity index (χ0n) is 11.7. The Bertz CT molecular complexity index is 405. The van der Waals surface area contributed by atoms with Crippen LogP contribution in [0.4, 0.5) is 0 Å². The molecule has 0 aliphatic heterocycles. The maximum Gasteiger partial charge on any atom is 0.235 e. The molecule has 0 bridgehead atoms. The number of unbranched alkanes of at least 4 members (excludes halogenated alkanes) is 2. The Morgan fingerprint density at radius 2 is 2.00 bits per heavy atom. The molecule has 0 N–H and O–H groups in total. The van der Waals surface area contributed by atoms with Crippen LogP contribution in [0.5, 0.6) is 0 Å². The molecule has 6 heteroatoms. The van der Waals surface area contributed by atoms with E-state index < -0.39 is 0 Å². The predicted molar refractivity (Wildman–Crippen MR) is 73.9 cm³/mol. The number of furan rings is 1. The largest absolute Gasteiger partial charge is 0.467 e. The molecule has 6 nitrogen and oxygen atoms in total. The van der Waals surface area contributed by atoms with E-state index in [-0.39, 0.29) is 6.54 Å². The number of hydrogen-bond acceptors (Lipinski definition) is 6. The van der Waals surface area contributed by atoms with Crippen molar-refractivity contribution < 1.29 is 18.7 Å². The Balaban J connectivity index is 0.000000367. The van der Waals surface area contributed by atoms with Crippen molar-refractivity contribution in [2.45, 2.75) is 32.7 Å². The third-order valence-electron chi connectivity index (χ3n) is 2.21. The fourth-order valence-corrected chi connectivity index (χ4v) is 1.27. The van der Waals surface area contributed by atoms with Crippen LogP contribution in [0.1, 0.15) is 31.9 Å². The topological polar surface area (TPSA) is 81.2 Å². The average Bonchev–Trinajstić information content (AvgIpc) is 2.98. The van der Waals surface area contributed by atoms with Gasteiger partial charge in [-0.15, -0.1) is 0 Å². The van der Waals surface area contributed by atoms with Crippen LogP contribution in [0.3, 0.4) is 0 Å². The predicted octanol–water partition coefficient (Wildman–Crippen LogP) is 2.64. The zero-order chi connectivity index (χ0) is 14.9. The highest BCUT2D eigenvalue weighted by Crippen LogP contribution is 1.99. The standard InChI is InChI=1S/C8H15NO2.C6H5NO2/c1-2-11-7-5-3-4-6-9-8-10;8-5-7-4-6-2-1-3-9-6/h2-7H2,1H3;1-3H,4H2. The van der Waals surface area contributed by atoms with Crippen molar-refractivity contribution >= 4 is 12.2 Å². The van der Waals surface area contributed by atoms with E-state index in [1.54, 1.807) is 12.1 Å². The summed E-state index contributed by atoms with van der Waals surface area (Å²) in [5.74, 6) is 0.679. The van der Waals surface area contributed by atoms with Gasteiger partial charge in [0, 0.05) is 13.2 Å². The van der Waals surface area contributed by atoms with Crippen molar-refractivity contribution in [3.8, 4) is 0 Å². The lowest BCUT2D eigenvalue weighted by Crippen LogP contribution is -1.93. The Morgan fingerprint density at radius 3 is 2.60 bits per heavy atom. The molecule has 1 rings (SSSR count). The summed E-state index contributed by atoms with van der Waals surface area (Å²) in [6.07, 6.45) is 7.56. The summed E-state index contributed by atoms with van der Waals surface area (Å²) in [4.78, 5) is 25.9. The summed E-state index contributed by atoms with van der Waals surface area (Å²) in [5.41, 5.74) is 0. The van der Waals surface area contributed by atoms with Gasteiger partial charge >= 0.3 is 0 Å². The Morgan fingerprint density at radius 1 is 1.20 bits per heavy atom. The summed E-state index contributed by atoms with van der Waals surface area (Å²) in [6.45, 7) is 4.48. The van der Waals surface area contributed by atoms with Gasteiger partial charge < -0.3 is 9.15 Å². The monoisotopic (exact) mass is 280 g/mol. The molecule has 110 valence electrons. The average molecular weight is 280 g/mol. The first-order valence-corrected chi connectivity index (χ1v) is 6.52. The van der Waals surface area contributed by atoms with Crippen molar-refractivity contribution in [1.82, 2.24) is 0 Å². The smallest absolute Gasteiger partial charge is 0.235 e. The van der Waals surface area contributed by atoms with Crippen LogP contribution >= 0.6 is 0 Å². The van der Waals surface area contributed by atoms with E-state index in [1.165, 1.54) is 18.4 Å². The lowest BCUT2D eigenvalue weighted by molar-refractivity contribution is 0.143. The molecule has 0 radical (unpaired) electrons. The first-order chi connectivity index (χ1) is 9.85. The molecule has 0 fully saturated rings. The molecule has 0 aliphatic carbocycles. The summed E-state index contributed by atoms with van der Waals surface area (Å²) >= 11 is 0. The molecule has 0 aliphatic rings. The van der Waals surface area contributed by atoms with E-state index in [0.717, 1.165) is 32.5 Å². The number of aliphatic imine (C=N–C) groups is 2. The van der Waals surface area contributed by atoms with Crippen LogP contribution in [0.2, 0.25) is 0 Å². The molecule has 0 saturated carbocycles. The van der Waals surface area contributed by atoms with E-state index in [4.69, 9.17) is 9.15 Å². The van der Waals surface area contributed by atoms with Gasteiger partial charge in [-0.2, -0.15) is 4.99 Å². The SMILES string of the molecule is CCOCCCCCN=C=O.O=C=NCc1ccco1. The molecule has 1 aromatic heterocycles. The number of rotatable bonds is 9. The van der Waals surface area contributed by atoms with Gasteiger partial charge in [0.05, 0.1) is 12.8 Å². The number of ether oxygens (including phenoxy) is 1. The van der Waals surface area contributed by atoms with E-state index in [9.17, 15) is 9.59 Å². The van der Waals surface area contributed by atoms with Crippen LogP contribution in [-0.4, -0.2) is 31.9 Å². The van der Waals surface area contributed by atoms with E-state index >= 15 is 0 Å². The highest BCUT2D eigenvalue weighted by atomic mass is 16.5. The lowest BCUT2D eigenvalue weighted by Gasteiger charge is -1.98. The van der Waals surface area contributed by atoms with Crippen molar-refractivity contribution in [2.24, 2.45) is 9.98 Å². The minimum absolute atomic E-state index is 0.288. The van der Waals surface area contributed by atoms with Crippen LogP contribution < -0.4 is 0 Å². The molecule has 0 aromatic carbocycles. The van der Waals surface area contributed by atoms with Crippen LogP contribution in [-0.2, 0) is 20.9 Å². The second-order valence-corrected chi connectivity index (χ2v) is 3.72. The normalized spacial score (nSPS) is 8.85. The number of carbonyl (C=O) groups excluding carboxylic acids is 2. The van der Waals surface area contributed by atoms with Gasteiger partial charge in [-0.05, 0) is 38.3 Å². The van der Waals surface area contributed by atoms with Gasteiger partial charge in [0.1, 0.15) is 12.3 Å². The third-order valence-corrected chi connectivity index (χ3v) is 2.21. The first-order valence-electron chi connectivity index (χ1n) is 6.52. The van der Waals surface area contributed by atoms with Crippen molar-refractivity contribution in [3.63, 3.8) is 0 Å². The van der Waals surface area contributed by atoms with Gasteiger partial charge in [-0.1, -0.05) is 0 Å². The fourth-order valence-electron chi connectivity index (χ4n) is 1.27. The highest BCUT2D eigenvalue weighted by Gasteiger charge is 1.89. The Labute approximate surface area is 118 Å². The van der Waals surface area contributed by atoms with Crippen molar-refractivity contribution in [2.75, 3.05) is 19.8 Å². The van der Waals surface area contributed by atoms with Crippen LogP contribution in [0.15, 0.2) is 32.8 Å². The molecule has 20 heavy (non-hydrogen) atoms. The van der Waals surface area contributed by atoms with Crippen LogP contribution in [0.25, 0.3) is 0 Å². The van der Waals surface area contributed by atoms with Gasteiger partial charge in [0.2, 0.25) is 12.2 Å². The second kappa shape index (κ2) is 15.1. The second-order valence-electron chi connectivity index (χ2n) is 3.72. The van der Waals surface area contributed by atoms with Gasteiger partial charge in [-0.25, -0.2) is 14.6 Å². The maximum absolute atomic E-state index is 9.62. The van der Waals surface area contributed by atoms with E-state index in [0.29, 0.717) is 12.3 Å².